The van der Waals surface area contributed by atoms with Crippen LogP contribution in [0.5, 0.6) is 0 Å². The van der Waals surface area contributed by atoms with Gasteiger partial charge in [0.1, 0.15) is 0 Å². The van der Waals surface area contributed by atoms with Gasteiger partial charge in [-0.1, -0.05) is 156 Å². The van der Waals surface area contributed by atoms with E-state index in [4.69, 9.17) is 4.43 Å². The summed E-state index contributed by atoms with van der Waals surface area (Å²) in [6.45, 7) is 33.6. The number of hydrogen-bond acceptors (Lipinski definition) is 2. The molecule has 0 N–H and O–H groups in total. The summed E-state index contributed by atoms with van der Waals surface area (Å²) >= 11 is 0. The van der Waals surface area contributed by atoms with Crippen LogP contribution in [-0.4, -0.2) is 20.2 Å². The van der Waals surface area contributed by atoms with Gasteiger partial charge >= 0.3 is 0 Å². The van der Waals surface area contributed by atoms with Gasteiger partial charge in [0.2, 0.25) is 0 Å². The number of ketones is 1. The Morgan fingerprint density at radius 1 is 0.694 bits per heavy atom. The molecule has 2 aliphatic rings. The third-order valence-electron chi connectivity index (χ3n) is 10.7. The van der Waals surface area contributed by atoms with Gasteiger partial charge in [0, 0.05) is 6.42 Å². The Bertz CT molecular complexity index is 1540. The number of hydrogen-bond donors (Lipinski definition) is 0. The van der Waals surface area contributed by atoms with Crippen molar-refractivity contribution in [3.8, 4) is 0 Å². The molecule has 0 aliphatic heterocycles. The van der Waals surface area contributed by atoms with Crippen LogP contribution in [0.4, 0.5) is 0 Å². The molecule has 0 bridgehead atoms. The summed E-state index contributed by atoms with van der Waals surface area (Å²) in [7, 11) is -1.83. The molecule has 3 heteroatoms. The van der Waals surface area contributed by atoms with Crippen LogP contribution in [0.2, 0.25) is 18.1 Å². The van der Waals surface area contributed by atoms with Crippen LogP contribution < -0.4 is 0 Å². The zero-order valence-electron chi connectivity index (χ0n) is 33.8. The molecule has 0 saturated carbocycles. The molecule has 0 radical (unpaired) electrons. The van der Waals surface area contributed by atoms with E-state index in [0.717, 1.165) is 36.0 Å². The minimum atomic E-state index is -1.83. The third kappa shape index (κ3) is 13.0. The molecule has 0 fully saturated rings. The Kier molecular flexibility index (Phi) is 15.3. The van der Waals surface area contributed by atoms with Crippen LogP contribution in [0.3, 0.4) is 0 Å². The van der Waals surface area contributed by atoms with E-state index in [0.29, 0.717) is 6.42 Å². The van der Waals surface area contributed by atoms with Gasteiger partial charge in [-0.05, 0) is 112 Å². The molecule has 268 valence electrons. The highest BCUT2D eigenvalue weighted by atomic mass is 28.4. The summed E-state index contributed by atoms with van der Waals surface area (Å²) in [4.78, 5) is 12.2. The predicted octanol–water partition coefficient (Wildman–Crippen LogP) is 13.8. The molecule has 0 aromatic heterocycles. The van der Waals surface area contributed by atoms with Gasteiger partial charge in [0.25, 0.3) is 0 Å². The maximum atomic E-state index is 12.2. The van der Waals surface area contributed by atoms with Crippen LogP contribution in [0.15, 0.2) is 130 Å². The number of allylic oxidation sites excluding steroid dienone is 21. The van der Waals surface area contributed by atoms with E-state index in [9.17, 15) is 4.79 Å². The molecule has 1 atom stereocenters. The fourth-order valence-corrected chi connectivity index (χ4v) is 7.47. The zero-order chi connectivity index (χ0) is 37.2. The Balaban J connectivity index is 2.00. The number of Topliss-reactive ketones (excluding diaryl/α,β-unsaturated/α-hetero) is 1. The van der Waals surface area contributed by atoms with Gasteiger partial charge in [-0.2, -0.15) is 0 Å². The molecular weight excluding hydrogens is 613 g/mol. The summed E-state index contributed by atoms with van der Waals surface area (Å²) in [6, 6.07) is 0. The lowest BCUT2D eigenvalue weighted by Gasteiger charge is -2.44. The van der Waals surface area contributed by atoms with E-state index in [2.05, 4.69) is 181 Å². The van der Waals surface area contributed by atoms with Crippen molar-refractivity contribution in [1.82, 2.24) is 0 Å². The average molecular weight is 681 g/mol. The number of carbonyl (C=O) groups is 1. The highest BCUT2D eigenvalue weighted by molar-refractivity contribution is 6.74. The third-order valence-corrected chi connectivity index (χ3v) is 15.2. The van der Waals surface area contributed by atoms with Gasteiger partial charge in [-0.25, -0.2) is 0 Å². The van der Waals surface area contributed by atoms with E-state index in [1.54, 1.807) is 0 Å². The van der Waals surface area contributed by atoms with Gasteiger partial charge in [0.15, 0.2) is 14.1 Å². The van der Waals surface area contributed by atoms with Gasteiger partial charge in [-0.3, -0.25) is 4.79 Å². The van der Waals surface area contributed by atoms with E-state index < -0.39 is 8.32 Å². The van der Waals surface area contributed by atoms with E-state index in [-0.39, 0.29) is 27.8 Å². The standard InChI is InChI=1S/C46H68O2Si/c1-34(22-18-24-36(3)26-28-40-38(5)42(47)30-32-45(40,10)11)20-16-17-21-35(2)23-19-25-37(4)27-29-41-39(6)43(31-33-46(41,12)13)48-49(14,15)44(7,8)9/h16-29,43H,30-33H2,1-15H3/b17-16+,22-18+,23-19+,28-26+,29-27+,34-20+,35-21+,36-24+,37-25+/t43-/m1/s1. The lowest BCUT2D eigenvalue weighted by Crippen LogP contribution is -2.45. The molecule has 0 aromatic rings. The molecule has 0 aromatic carbocycles. The first-order valence-electron chi connectivity index (χ1n) is 18.3. The van der Waals surface area contributed by atoms with Crippen molar-refractivity contribution in [3.63, 3.8) is 0 Å². The summed E-state index contributed by atoms with van der Waals surface area (Å²) < 4.78 is 6.88. The Labute approximate surface area is 302 Å². The zero-order valence-corrected chi connectivity index (χ0v) is 34.8. The molecule has 2 aliphatic carbocycles. The summed E-state index contributed by atoms with van der Waals surface area (Å²) in [5, 5.41) is 0.211. The highest BCUT2D eigenvalue weighted by Crippen LogP contribution is 2.45. The van der Waals surface area contributed by atoms with Gasteiger partial charge in [-0.15, -0.1) is 0 Å². The van der Waals surface area contributed by atoms with Gasteiger partial charge < -0.3 is 4.43 Å². The molecule has 0 saturated heterocycles. The molecule has 2 rings (SSSR count). The SMILES string of the molecule is CC1=C(/C=C/C(C)=C/C=C/C(C)=C/C=C/C=C(C)/C=C/C=C(C)/C=C/C2=C(C)[C@H](O[Si](C)(C)C(C)(C)C)CCC2(C)C)C(C)(C)CCC1=O. The second-order valence-corrected chi connectivity index (χ2v) is 21.9. The largest absolute Gasteiger partial charge is 0.410 e. The monoisotopic (exact) mass is 680 g/mol. The van der Waals surface area contributed by atoms with Crippen LogP contribution in [-0.2, 0) is 9.22 Å². The average Bonchev–Trinajstić information content (AvgIpc) is 2.98. The topological polar surface area (TPSA) is 26.3 Å². The molecular formula is C46H68O2Si. The van der Waals surface area contributed by atoms with Crippen molar-refractivity contribution in [3.05, 3.63) is 130 Å². The molecule has 49 heavy (non-hydrogen) atoms. The van der Waals surface area contributed by atoms with Crippen molar-refractivity contribution >= 4 is 14.1 Å². The fourth-order valence-electron chi connectivity index (χ4n) is 6.11. The van der Waals surface area contributed by atoms with E-state index >= 15 is 0 Å². The van der Waals surface area contributed by atoms with Crippen molar-refractivity contribution < 1.29 is 9.22 Å². The minimum absolute atomic E-state index is 0.0427. The first-order valence-corrected chi connectivity index (χ1v) is 21.2. The first kappa shape index (κ1) is 42.2. The highest BCUT2D eigenvalue weighted by Gasteiger charge is 2.41. The summed E-state index contributed by atoms with van der Waals surface area (Å²) in [6.07, 6.45) is 34.1. The predicted molar refractivity (Wildman–Crippen MR) is 219 cm³/mol. The molecule has 0 heterocycles. The second kappa shape index (κ2) is 17.8. The quantitative estimate of drug-likeness (QED) is 0.151. The minimum Gasteiger partial charge on any atom is -0.410 e. The number of carbonyl (C=O) groups excluding carboxylic acids is 1. The normalized spacial score (nSPS) is 22.4. The lowest BCUT2D eigenvalue weighted by atomic mass is 9.71. The van der Waals surface area contributed by atoms with Crippen molar-refractivity contribution in [2.24, 2.45) is 10.8 Å². The number of rotatable bonds is 12. The van der Waals surface area contributed by atoms with Crippen LogP contribution in [0, 0.1) is 10.8 Å². The first-order chi connectivity index (χ1) is 22.6. The van der Waals surface area contributed by atoms with Gasteiger partial charge in [0.05, 0.1) is 6.10 Å². The Morgan fingerprint density at radius 3 is 1.61 bits per heavy atom. The molecule has 2 nitrogen and oxygen atoms in total. The molecule has 0 amide bonds. The van der Waals surface area contributed by atoms with E-state index in [1.165, 1.54) is 27.9 Å². The Morgan fingerprint density at radius 2 is 1.12 bits per heavy atom. The molecule has 0 unspecified atom stereocenters. The van der Waals surface area contributed by atoms with Crippen molar-refractivity contribution in [2.75, 3.05) is 0 Å². The van der Waals surface area contributed by atoms with Crippen molar-refractivity contribution in [1.29, 1.82) is 0 Å². The summed E-state index contributed by atoms with van der Waals surface area (Å²) in [5.74, 6) is 0.277. The summed E-state index contributed by atoms with van der Waals surface area (Å²) in [5.41, 5.74) is 9.85. The Hall–Kier alpha value is -3.01. The van der Waals surface area contributed by atoms with Crippen LogP contribution in [0.25, 0.3) is 0 Å². The smallest absolute Gasteiger partial charge is 0.192 e. The van der Waals surface area contributed by atoms with Crippen LogP contribution >= 0.6 is 0 Å². The maximum Gasteiger partial charge on any atom is 0.192 e. The molecule has 0 spiro atoms. The maximum absolute atomic E-state index is 12.2. The lowest BCUT2D eigenvalue weighted by molar-refractivity contribution is -0.116. The fraction of sp³-hybridized carbons (Fsp3) is 0.500. The van der Waals surface area contributed by atoms with E-state index in [1.807, 2.05) is 6.92 Å². The second-order valence-electron chi connectivity index (χ2n) is 17.1. The van der Waals surface area contributed by atoms with Crippen LogP contribution in [0.1, 0.15) is 116 Å². The van der Waals surface area contributed by atoms with Crippen molar-refractivity contribution in [2.45, 2.75) is 140 Å².